The Balaban J connectivity index is 1.54. The van der Waals surface area contributed by atoms with E-state index in [4.69, 9.17) is 4.74 Å². The molecule has 3 rings (SSSR count). The van der Waals surface area contributed by atoms with Gasteiger partial charge in [-0.2, -0.15) is 0 Å². The lowest BCUT2D eigenvalue weighted by Crippen LogP contribution is -2.40. The Morgan fingerprint density at radius 2 is 1.89 bits per heavy atom. The Kier molecular flexibility index (Phi) is 6.36. The molecule has 1 aliphatic rings. The molecule has 144 valence electrons. The van der Waals surface area contributed by atoms with E-state index >= 15 is 0 Å². The highest BCUT2D eigenvalue weighted by atomic mass is 19.1. The van der Waals surface area contributed by atoms with Crippen LogP contribution in [0.1, 0.15) is 5.56 Å². The van der Waals surface area contributed by atoms with Gasteiger partial charge in [-0.05, 0) is 17.7 Å². The molecule has 0 bridgehead atoms. The third kappa shape index (κ3) is 5.48. The maximum atomic E-state index is 13.6. The second kappa shape index (κ2) is 8.92. The normalized spacial score (nSPS) is 18.2. The molecule has 2 aromatic rings. The molecule has 0 unspecified atom stereocenters. The summed E-state index contributed by atoms with van der Waals surface area (Å²) in [7, 11) is 0. The zero-order valence-electron chi connectivity index (χ0n) is 14.9. The van der Waals surface area contributed by atoms with E-state index in [-0.39, 0.29) is 24.8 Å². The van der Waals surface area contributed by atoms with Crippen molar-refractivity contribution in [1.82, 2.24) is 9.80 Å². The van der Waals surface area contributed by atoms with Crippen molar-refractivity contribution in [2.24, 2.45) is 0 Å². The summed E-state index contributed by atoms with van der Waals surface area (Å²) in [5.74, 6) is -2.08. The topological polar surface area (TPSA) is 53.0 Å². The van der Waals surface area contributed by atoms with Crippen LogP contribution in [0.4, 0.5) is 8.78 Å². The van der Waals surface area contributed by atoms with E-state index in [1.54, 1.807) is 0 Å². The molecule has 2 aromatic carbocycles. The standard InChI is InChI=1S/C20H22F2N2O3/c21-16-6-7-19(18(22)10-16)27-14-20(26)24-9-8-23(12-17(25)13-24)11-15-4-2-1-3-5-15/h1-7,10,17,25H,8-9,11-14H2/t17-/m1/s1. The van der Waals surface area contributed by atoms with Crippen LogP contribution in [-0.4, -0.2) is 59.7 Å². The molecule has 0 spiro atoms. The van der Waals surface area contributed by atoms with Gasteiger partial charge in [-0.3, -0.25) is 9.69 Å². The number of hydrogen-bond donors (Lipinski definition) is 1. The number of nitrogens with zero attached hydrogens (tertiary/aromatic N) is 2. The summed E-state index contributed by atoms with van der Waals surface area (Å²) in [5.41, 5.74) is 1.14. The van der Waals surface area contributed by atoms with Crippen molar-refractivity contribution in [1.29, 1.82) is 0 Å². The summed E-state index contributed by atoms with van der Waals surface area (Å²) in [6, 6.07) is 12.8. The van der Waals surface area contributed by atoms with Crippen molar-refractivity contribution in [2.75, 3.05) is 32.8 Å². The van der Waals surface area contributed by atoms with Gasteiger partial charge in [0.1, 0.15) is 5.82 Å². The van der Waals surface area contributed by atoms with E-state index in [1.807, 2.05) is 30.3 Å². The lowest BCUT2D eigenvalue weighted by Gasteiger charge is -2.22. The summed E-state index contributed by atoms with van der Waals surface area (Å²) in [6.07, 6.45) is -0.678. The van der Waals surface area contributed by atoms with Gasteiger partial charge in [0.25, 0.3) is 5.91 Å². The summed E-state index contributed by atoms with van der Waals surface area (Å²) >= 11 is 0. The monoisotopic (exact) mass is 376 g/mol. The predicted molar refractivity (Wildman–Crippen MR) is 96.2 cm³/mol. The maximum Gasteiger partial charge on any atom is 0.260 e. The largest absolute Gasteiger partial charge is 0.481 e. The highest BCUT2D eigenvalue weighted by Crippen LogP contribution is 2.18. The van der Waals surface area contributed by atoms with Gasteiger partial charge in [0.2, 0.25) is 0 Å². The first-order chi connectivity index (χ1) is 13.0. The Bertz CT molecular complexity index is 773. The van der Waals surface area contributed by atoms with Gasteiger partial charge in [-0.1, -0.05) is 30.3 Å². The number of hydrogen-bond acceptors (Lipinski definition) is 4. The van der Waals surface area contributed by atoms with Crippen molar-refractivity contribution in [3.05, 3.63) is 65.7 Å². The highest BCUT2D eigenvalue weighted by molar-refractivity contribution is 5.77. The Morgan fingerprint density at radius 3 is 2.63 bits per heavy atom. The van der Waals surface area contributed by atoms with Crippen molar-refractivity contribution in [3.8, 4) is 5.75 Å². The van der Waals surface area contributed by atoms with Gasteiger partial charge in [-0.25, -0.2) is 8.78 Å². The van der Waals surface area contributed by atoms with E-state index < -0.39 is 17.7 Å². The lowest BCUT2D eigenvalue weighted by molar-refractivity contribution is -0.134. The van der Waals surface area contributed by atoms with Gasteiger partial charge < -0.3 is 14.7 Å². The minimum absolute atomic E-state index is 0.175. The molecule has 1 fully saturated rings. The molecule has 0 saturated carbocycles. The van der Waals surface area contributed by atoms with Gasteiger partial charge in [-0.15, -0.1) is 0 Å². The molecule has 7 heteroatoms. The number of carbonyl (C=O) groups excluding carboxylic acids is 1. The number of rotatable bonds is 5. The van der Waals surface area contributed by atoms with E-state index in [1.165, 1.54) is 4.90 Å². The quantitative estimate of drug-likeness (QED) is 0.868. The summed E-state index contributed by atoms with van der Waals surface area (Å²) in [4.78, 5) is 16.0. The summed E-state index contributed by atoms with van der Waals surface area (Å²) < 4.78 is 31.7. The van der Waals surface area contributed by atoms with Crippen molar-refractivity contribution in [2.45, 2.75) is 12.6 Å². The van der Waals surface area contributed by atoms with Crippen LogP contribution in [0, 0.1) is 11.6 Å². The number of aliphatic hydroxyl groups excluding tert-OH is 1. The van der Waals surface area contributed by atoms with Gasteiger partial charge in [0.15, 0.2) is 18.2 Å². The van der Waals surface area contributed by atoms with Crippen LogP contribution in [0.15, 0.2) is 48.5 Å². The summed E-state index contributed by atoms with van der Waals surface area (Å²) in [6.45, 7) is 2.04. The van der Waals surface area contributed by atoms with Gasteiger partial charge in [0, 0.05) is 38.8 Å². The number of β-amino-alcohol motifs (C(OH)–C–C–N with tert-alkyl or cyclic N) is 1. The van der Waals surface area contributed by atoms with Crippen LogP contribution in [0.5, 0.6) is 5.75 Å². The number of ether oxygens (including phenoxy) is 1. The second-order valence-corrected chi connectivity index (χ2v) is 6.58. The van der Waals surface area contributed by atoms with Crippen molar-refractivity contribution in [3.63, 3.8) is 0 Å². The fourth-order valence-electron chi connectivity index (χ4n) is 3.09. The highest BCUT2D eigenvalue weighted by Gasteiger charge is 2.25. The molecular weight excluding hydrogens is 354 g/mol. The first kappa shape index (κ1) is 19.3. The molecule has 0 radical (unpaired) electrons. The molecule has 1 saturated heterocycles. The van der Waals surface area contributed by atoms with Gasteiger partial charge in [0.05, 0.1) is 6.10 Å². The van der Waals surface area contributed by atoms with Gasteiger partial charge >= 0.3 is 0 Å². The molecule has 27 heavy (non-hydrogen) atoms. The van der Waals surface area contributed by atoms with E-state index in [9.17, 15) is 18.7 Å². The van der Waals surface area contributed by atoms with Crippen LogP contribution >= 0.6 is 0 Å². The minimum atomic E-state index is -0.854. The van der Waals surface area contributed by atoms with E-state index in [2.05, 4.69) is 4.90 Å². The van der Waals surface area contributed by atoms with Crippen LogP contribution in [0.3, 0.4) is 0 Å². The number of amides is 1. The maximum absolute atomic E-state index is 13.6. The fourth-order valence-corrected chi connectivity index (χ4v) is 3.09. The molecule has 5 nitrogen and oxygen atoms in total. The van der Waals surface area contributed by atoms with E-state index in [0.717, 1.165) is 17.7 Å². The molecule has 0 aliphatic carbocycles. The molecule has 1 aliphatic heterocycles. The fraction of sp³-hybridized carbons (Fsp3) is 0.350. The first-order valence-electron chi connectivity index (χ1n) is 8.81. The Labute approximate surface area is 156 Å². The van der Waals surface area contributed by atoms with Crippen LogP contribution in [0.2, 0.25) is 0 Å². The Morgan fingerprint density at radius 1 is 1.11 bits per heavy atom. The summed E-state index contributed by atoms with van der Waals surface area (Å²) in [5, 5.41) is 10.2. The zero-order valence-corrected chi connectivity index (χ0v) is 14.9. The Hall–Kier alpha value is -2.51. The third-order valence-corrected chi connectivity index (χ3v) is 4.43. The van der Waals surface area contributed by atoms with E-state index in [0.29, 0.717) is 32.2 Å². The first-order valence-corrected chi connectivity index (χ1v) is 8.81. The average molecular weight is 376 g/mol. The number of halogens is 2. The van der Waals surface area contributed by atoms with Crippen LogP contribution < -0.4 is 4.74 Å². The molecule has 1 amide bonds. The number of benzene rings is 2. The molecule has 1 N–H and O–H groups in total. The molecule has 1 heterocycles. The average Bonchev–Trinajstić information content (AvgIpc) is 2.83. The van der Waals surface area contributed by atoms with Crippen LogP contribution in [0.25, 0.3) is 0 Å². The third-order valence-electron chi connectivity index (χ3n) is 4.43. The zero-order chi connectivity index (χ0) is 19.2. The lowest BCUT2D eigenvalue weighted by atomic mass is 10.2. The van der Waals surface area contributed by atoms with Crippen molar-refractivity contribution < 1.29 is 23.4 Å². The second-order valence-electron chi connectivity index (χ2n) is 6.58. The van der Waals surface area contributed by atoms with Crippen LogP contribution in [-0.2, 0) is 11.3 Å². The SMILES string of the molecule is O=C(COc1ccc(F)cc1F)N1CCN(Cc2ccccc2)C[C@@H](O)C1. The minimum Gasteiger partial charge on any atom is -0.481 e. The number of aliphatic hydroxyl groups is 1. The smallest absolute Gasteiger partial charge is 0.260 e. The molecule has 1 atom stereocenters. The van der Waals surface area contributed by atoms with Crippen molar-refractivity contribution >= 4 is 5.91 Å². The molecular formula is C20H22F2N2O3. The molecule has 0 aromatic heterocycles. The predicted octanol–water partition coefficient (Wildman–Crippen LogP) is 2.05. The number of carbonyl (C=O) groups is 1.